The number of aromatic nitrogens is 1. The molecule has 21 heavy (non-hydrogen) atoms. The van der Waals surface area contributed by atoms with Gasteiger partial charge in [-0.2, -0.15) is 0 Å². The Morgan fingerprint density at radius 1 is 1.38 bits per heavy atom. The van der Waals surface area contributed by atoms with Crippen LogP contribution in [0.2, 0.25) is 0 Å². The standard InChI is InChI=1S/C17H22FN3/c1-21(16-6-2-4-13(16)10-19)11-14-9-15(18)8-12-5-3-7-20-17(12)14/h3,5,7-9,13,16H,2,4,6,10-11,19H2,1H3. The monoisotopic (exact) mass is 287 g/mol. The van der Waals surface area contributed by atoms with E-state index in [-0.39, 0.29) is 5.82 Å². The quantitative estimate of drug-likeness (QED) is 0.940. The first kappa shape index (κ1) is 14.4. The van der Waals surface area contributed by atoms with Gasteiger partial charge in [-0.15, -0.1) is 0 Å². The lowest BCUT2D eigenvalue weighted by atomic mass is 10.0. The summed E-state index contributed by atoms with van der Waals surface area (Å²) in [4.78, 5) is 6.74. The zero-order chi connectivity index (χ0) is 14.8. The van der Waals surface area contributed by atoms with Gasteiger partial charge in [-0.1, -0.05) is 12.5 Å². The van der Waals surface area contributed by atoms with E-state index in [2.05, 4.69) is 16.9 Å². The van der Waals surface area contributed by atoms with Crippen molar-refractivity contribution >= 4 is 10.9 Å². The maximum Gasteiger partial charge on any atom is 0.124 e. The maximum absolute atomic E-state index is 13.8. The fraction of sp³-hybridized carbons (Fsp3) is 0.471. The Bertz CT molecular complexity index is 628. The molecular formula is C17H22FN3. The highest BCUT2D eigenvalue weighted by Gasteiger charge is 2.29. The molecule has 2 unspecified atom stereocenters. The van der Waals surface area contributed by atoms with Gasteiger partial charge in [0.25, 0.3) is 0 Å². The number of pyridine rings is 1. The molecule has 2 aromatic rings. The third-order valence-corrected chi connectivity index (χ3v) is 4.66. The second-order valence-corrected chi connectivity index (χ2v) is 6.05. The van der Waals surface area contributed by atoms with Crippen molar-refractivity contribution in [1.82, 2.24) is 9.88 Å². The molecule has 1 aliphatic carbocycles. The highest BCUT2D eigenvalue weighted by atomic mass is 19.1. The van der Waals surface area contributed by atoms with Crippen molar-refractivity contribution in [2.24, 2.45) is 11.7 Å². The molecule has 0 amide bonds. The van der Waals surface area contributed by atoms with Crippen molar-refractivity contribution < 1.29 is 4.39 Å². The summed E-state index contributed by atoms with van der Waals surface area (Å²) in [7, 11) is 2.11. The van der Waals surface area contributed by atoms with E-state index < -0.39 is 0 Å². The van der Waals surface area contributed by atoms with Gasteiger partial charge < -0.3 is 5.73 Å². The SMILES string of the molecule is CN(Cc1cc(F)cc2cccnc12)C1CCCC1CN. The molecule has 2 atom stereocenters. The molecule has 112 valence electrons. The second-order valence-electron chi connectivity index (χ2n) is 6.05. The second kappa shape index (κ2) is 6.08. The fourth-order valence-electron chi connectivity index (χ4n) is 3.61. The lowest BCUT2D eigenvalue weighted by Crippen LogP contribution is -2.37. The number of hydrogen-bond donors (Lipinski definition) is 1. The molecule has 0 spiro atoms. The fourth-order valence-corrected chi connectivity index (χ4v) is 3.61. The maximum atomic E-state index is 13.8. The Hall–Kier alpha value is -1.52. The normalized spacial score (nSPS) is 22.3. The summed E-state index contributed by atoms with van der Waals surface area (Å²) in [5.74, 6) is 0.364. The molecule has 3 rings (SSSR count). The topological polar surface area (TPSA) is 42.2 Å². The van der Waals surface area contributed by atoms with Gasteiger partial charge in [0, 0.05) is 24.2 Å². The highest BCUT2D eigenvalue weighted by Crippen LogP contribution is 2.30. The Balaban J connectivity index is 1.87. The molecule has 4 heteroatoms. The molecule has 0 saturated heterocycles. The lowest BCUT2D eigenvalue weighted by molar-refractivity contribution is 0.193. The minimum Gasteiger partial charge on any atom is -0.330 e. The van der Waals surface area contributed by atoms with E-state index in [1.807, 2.05) is 12.1 Å². The van der Waals surface area contributed by atoms with Crippen LogP contribution >= 0.6 is 0 Å². The predicted molar refractivity (Wildman–Crippen MR) is 83.4 cm³/mol. The van der Waals surface area contributed by atoms with E-state index in [1.54, 1.807) is 18.3 Å². The van der Waals surface area contributed by atoms with E-state index in [4.69, 9.17) is 5.73 Å². The number of nitrogens with two attached hydrogens (primary N) is 1. The van der Waals surface area contributed by atoms with Gasteiger partial charge in [0.1, 0.15) is 5.82 Å². The predicted octanol–water partition coefficient (Wildman–Crippen LogP) is 2.93. The molecule has 3 nitrogen and oxygen atoms in total. The van der Waals surface area contributed by atoms with Crippen LogP contribution in [-0.4, -0.2) is 29.5 Å². The Labute approximate surface area is 125 Å². The minimum absolute atomic E-state index is 0.194. The van der Waals surface area contributed by atoms with Crippen LogP contribution in [0.5, 0.6) is 0 Å². The first-order valence-electron chi connectivity index (χ1n) is 7.62. The number of nitrogens with zero attached hydrogens (tertiary/aromatic N) is 2. The Morgan fingerprint density at radius 2 is 2.24 bits per heavy atom. The van der Waals surface area contributed by atoms with Crippen molar-refractivity contribution in [3.63, 3.8) is 0 Å². The zero-order valence-electron chi connectivity index (χ0n) is 12.4. The first-order valence-corrected chi connectivity index (χ1v) is 7.62. The molecule has 1 aromatic heterocycles. The van der Waals surface area contributed by atoms with Gasteiger partial charge in [0.2, 0.25) is 0 Å². The average Bonchev–Trinajstić information content (AvgIpc) is 2.95. The van der Waals surface area contributed by atoms with E-state index in [0.29, 0.717) is 18.5 Å². The molecule has 1 saturated carbocycles. The molecule has 0 aliphatic heterocycles. The molecule has 1 heterocycles. The molecule has 1 aromatic carbocycles. The largest absolute Gasteiger partial charge is 0.330 e. The van der Waals surface area contributed by atoms with Crippen LogP contribution < -0.4 is 5.73 Å². The average molecular weight is 287 g/mol. The number of fused-ring (bicyclic) bond motifs is 1. The molecule has 2 N–H and O–H groups in total. The number of hydrogen-bond acceptors (Lipinski definition) is 3. The number of benzene rings is 1. The van der Waals surface area contributed by atoms with Crippen LogP contribution in [0.1, 0.15) is 24.8 Å². The summed E-state index contributed by atoms with van der Waals surface area (Å²) < 4.78 is 13.8. The summed E-state index contributed by atoms with van der Waals surface area (Å²) in [6.07, 6.45) is 5.38. The van der Waals surface area contributed by atoms with Gasteiger partial charge in [-0.05, 0) is 56.1 Å². The highest BCUT2D eigenvalue weighted by molar-refractivity contribution is 5.81. The van der Waals surface area contributed by atoms with Crippen LogP contribution in [0.4, 0.5) is 4.39 Å². The molecule has 0 radical (unpaired) electrons. The van der Waals surface area contributed by atoms with Gasteiger partial charge in [-0.3, -0.25) is 9.88 Å². The van der Waals surface area contributed by atoms with E-state index in [0.717, 1.165) is 23.0 Å². The van der Waals surface area contributed by atoms with Crippen LogP contribution in [0.15, 0.2) is 30.5 Å². The molecular weight excluding hydrogens is 265 g/mol. The summed E-state index contributed by atoms with van der Waals surface area (Å²) in [5, 5.41) is 0.864. The minimum atomic E-state index is -0.194. The summed E-state index contributed by atoms with van der Waals surface area (Å²) >= 11 is 0. The van der Waals surface area contributed by atoms with Gasteiger partial charge in [0.05, 0.1) is 5.52 Å². The third-order valence-electron chi connectivity index (χ3n) is 4.66. The summed E-state index contributed by atoms with van der Waals surface area (Å²) in [6.45, 7) is 1.45. The van der Waals surface area contributed by atoms with Crippen molar-refractivity contribution in [3.05, 3.63) is 41.8 Å². The van der Waals surface area contributed by atoms with Gasteiger partial charge >= 0.3 is 0 Å². The Kier molecular flexibility index (Phi) is 4.17. The van der Waals surface area contributed by atoms with Crippen LogP contribution in [0.3, 0.4) is 0 Å². The van der Waals surface area contributed by atoms with Crippen molar-refractivity contribution in [3.8, 4) is 0 Å². The smallest absolute Gasteiger partial charge is 0.124 e. The zero-order valence-corrected chi connectivity index (χ0v) is 12.4. The van der Waals surface area contributed by atoms with Gasteiger partial charge in [-0.25, -0.2) is 4.39 Å². The summed E-state index contributed by atoms with van der Waals surface area (Å²) in [5.41, 5.74) is 7.72. The summed E-state index contributed by atoms with van der Waals surface area (Å²) in [6, 6.07) is 7.41. The van der Waals surface area contributed by atoms with E-state index in [1.165, 1.54) is 19.3 Å². The van der Waals surface area contributed by atoms with Crippen LogP contribution in [0.25, 0.3) is 10.9 Å². The van der Waals surface area contributed by atoms with Crippen LogP contribution in [0, 0.1) is 11.7 Å². The first-order chi connectivity index (χ1) is 10.2. The van der Waals surface area contributed by atoms with E-state index in [9.17, 15) is 4.39 Å². The molecule has 0 bridgehead atoms. The van der Waals surface area contributed by atoms with Gasteiger partial charge in [0.15, 0.2) is 0 Å². The molecule has 1 aliphatic rings. The van der Waals surface area contributed by atoms with Crippen molar-refractivity contribution in [2.75, 3.05) is 13.6 Å². The van der Waals surface area contributed by atoms with Crippen molar-refractivity contribution in [2.45, 2.75) is 31.8 Å². The number of rotatable bonds is 4. The molecule has 1 fully saturated rings. The van der Waals surface area contributed by atoms with Crippen molar-refractivity contribution in [1.29, 1.82) is 0 Å². The Morgan fingerprint density at radius 3 is 3.05 bits per heavy atom. The number of halogens is 1. The van der Waals surface area contributed by atoms with E-state index >= 15 is 0 Å². The third kappa shape index (κ3) is 2.92. The van der Waals surface area contributed by atoms with Crippen LogP contribution in [-0.2, 0) is 6.54 Å². The lowest BCUT2D eigenvalue weighted by Gasteiger charge is -2.29.